The molecule has 0 amide bonds. The van der Waals surface area contributed by atoms with E-state index in [9.17, 15) is 8.42 Å². The average molecular weight is 370 g/mol. The fourth-order valence-electron chi connectivity index (χ4n) is 2.45. The standard InChI is InChI=1S/C20H16ClNO2S/c1-15(16-7-3-2-4-8-16)19-9-5-6-10-20(19)22-25(23,24)18-13-11-17(21)12-14-18/h2-14,22H,1H2. The molecule has 0 radical (unpaired) electrons. The Morgan fingerprint density at radius 2 is 1.44 bits per heavy atom. The van der Waals surface area contributed by atoms with Crippen LogP contribution in [-0.2, 0) is 10.0 Å². The molecule has 0 aromatic heterocycles. The SMILES string of the molecule is C=C(c1ccccc1)c1ccccc1NS(=O)(=O)c1ccc(Cl)cc1. The Kier molecular flexibility index (Phi) is 4.93. The number of rotatable bonds is 5. The quantitative estimate of drug-likeness (QED) is 0.671. The highest BCUT2D eigenvalue weighted by atomic mass is 35.5. The van der Waals surface area contributed by atoms with Crippen LogP contribution >= 0.6 is 11.6 Å². The molecule has 0 fully saturated rings. The zero-order chi connectivity index (χ0) is 17.9. The topological polar surface area (TPSA) is 46.2 Å². The summed E-state index contributed by atoms with van der Waals surface area (Å²) in [6.07, 6.45) is 0. The lowest BCUT2D eigenvalue weighted by molar-refractivity contribution is 0.601. The number of hydrogen-bond donors (Lipinski definition) is 1. The van der Waals surface area contributed by atoms with Gasteiger partial charge in [0.15, 0.2) is 0 Å². The Balaban J connectivity index is 1.96. The Labute approximate surface area is 152 Å². The highest BCUT2D eigenvalue weighted by Crippen LogP contribution is 2.29. The van der Waals surface area contributed by atoms with Crippen LogP contribution in [0.25, 0.3) is 5.57 Å². The van der Waals surface area contributed by atoms with Crippen LogP contribution in [0.5, 0.6) is 0 Å². The molecule has 0 unspecified atom stereocenters. The lowest BCUT2D eigenvalue weighted by atomic mass is 9.98. The number of anilines is 1. The molecule has 0 aliphatic rings. The first kappa shape index (κ1) is 17.3. The van der Waals surface area contributed by atoms with E-state index in [-0.39, 0.29) is 4.90 Å². The first-order valence-corrected chi connectivity index (χ1v) is 9.45. The molecule has 0 aliphatic heterocycles. The molecule has 5 heteroatoms. The Bertz CT molecular complexity index is 997. The summed E-state index contributed by atoms with van der Waals surface area (Å²) in [5, 5.41) is 0.483. The molecule has 1 N–H and O–H groups in total. The van der Waals surface area contributed by atoms with Crippen LogP contribution in [0.4, 0.5) is 5.69 Å². The van der Waals surface area contributed by atoms with E-state index in [4.69, 9.17) is 11.6 Å². The fraction of sp³-hybridized carbons (Fsp3) is 0. The van der Waals surface area contributed by atoms with Crippen molar-refractivity contribution < 1.29 is 8.42 Å². The normalized spacial score (nSPS) is 11.1. The minimum atomic E-state index is -3.72. The number of benzene rings is 3. The monoisotopic (exact) mass is 369 g/mol. The number of sulfonamides is 1. The number of halogens is 1. The largest absolute Gasteiger partial charge is 0.279 e. The third kappa shape index (κ3) is 3.92. The van der Waals surface area contributed by atoms with Crippen molar-refractivity contribution in [3.63, 3.8) is 0 Å². The summed E-state index contributed by atoms with van der Waals surface area (Å²) in [5.41, 5.74) is 2.88. The molecule has 3 rings (SSSR count). The molecule has 0 heterocycles. The van der Waals surface area contributed by atoms with Gasteiger partial charge in [-0.25, -0.2) is 8.42 Å². The van der Waals surface area contributed by atoms with Crippen molar-refractivity contribution in [3.05, 3.63) is 102 Å². The summed E-state index contributed by atoms with van der Waals surface area (Å²) >= 11 is 5.83. The summed E-state index contributed by atoms with van der Waals surface area (Å²) in [5.74, 6) is 0. The van der Waals surface area contributed by atoms with E-state index in [1.54, 1.807) is 24.3 Å². The van der Waals surface area contributed by atoms with E-state index in [1.807, 2.05) is 42.5 Å². The first-order chi connectivity index (χ1) is 12.0. The van der Waals surface area contributed by atoms with Gasteiger partial charge in [0.25, 0.3) is 10.0 Å². The van der Waals surface area contributed by atoms with Gasteiger partial charge in [-0.1, -0.05) is 66.7 Å². The second kappa shape index (κ2) is 7.13. The van der Waals surface area contributed by atoms with Gasteiger partial charge in [-0.3, -0.25) is 4.72 Å². The predicted octanol–water partition coefficient (Wildman–Crippen LogP) is 5.20. The third-order valence-electron chi connectivity index (χ3n) is 3.74. The van der Waals surface area contributed by atoms with Crippen molar-refractivity contribution in [3.8, 4) is 0 Å². The minimum Gasteiger partial charge on any atom is -0.279 e. The van der Waals surface area contributed by atoms with Crippen molar-refractivity contribution >= 4 is 32.9 Å². The van der Waals surface area contributed by atoms with Crippen LogP contribution < -0.4 is 4.72 Å². The molecule has 3 nitrogen and oxygen atoms in total. The summed E-state index contributed by atoms with van der Waals surface area (Å²) in [4.78, 5) is 0.150. The van der Waals surface area contributed by atoms with E-state index >= 15 is 0 Å². The average Bonchev–Trinajstić information content (AvgIpc) is 2.62. The van der Waals surface area contributed by atoms with Crippen LogP contribution in [0.1, 0.15) is 11.1 Å². The number of nitrogens with one attached hydrogen (secondary N) is 1. The van der Waals surface area contributed by atoms with Crippen LogP contribution in [0.15, 0.2) is 90.3 Å². The van der Waals surface area contributed by atoms with E-state index < -0.39 is 10.0 Å². The van der Waals surface area contributed by atoms with Gasteiger partial charge in [-0.2, -0.15) is 0 Å². The summed E-state index contributed by atoms with van der Waals surface area (Å²) in [6, 6.07) is 22.9. The van der Waals surface area contributed by atoms with E-state index in [2.05, 4.69) is 11.3 Å². The molecule has 3 aromatic carbocycles. The molecule has 3 aromatic rings. The van der Waals surface area contributed by atoms with Gasteiger partial charge in [-0.05, 0) is 41.5 Å². The van der Waals surface area contributed by atoms with Gasteiger partial charge in [0.1, 0.15) is 0 Å². The van der Waals surface area contributed by atoms with Crippen LogP contribution in [0.2, 0.25) is 5.02 Å². The first-order valence-electron chi connectivity index (χ1n) is 7.59. The second-order valence-corrected chi connectivity index (χ2v) is 7.57. The van der Waals surface area contributed by atoms with Crippen molar-refractivity contribution in [2.45, 2.75) is 4.90 Å². The zero-order valence-electron chi connectivity index (χ0n) is 13.3. The summed E-state index contributed by atoms with van der Waals surface area (Å²) in [7, 11) is -3.72. The minimum absolute atomic E-state index is 0.150. The van der Waals surface area contributed by atoms with Gasteiger partial charge in [0, 0.05) is 10.6 Å². The summed E-state index contributed by atoms with van der Waals surface area (Å²) in [6.45, 7) is 4.12. The zero-order valence-corrected chi connectivity index (χ0v) is 14.9. The molecular formula is C20H16ClNO2S. The Morgan fingerprint density at radius 3 is 2.12 bits per heavy atom. The second-order valence-electron chi connectivity index (χ2n) is 5.45. The molecule has 0 spiro atoms. The van der Waals surface area contributed by atoms with Crippen molar-refractivity contribution in [1.29, 1.82) is 0 Å². The number of hydrogen-bond acceptors (Lipinski definition) is 2. The maximum Gasteiger partial charge on any atom is 0.261 e. The number of para-hydroxylation sites is 1. The molecule has 0 atom stereocenters. The van der Waals surface area contributed by atoms with Gasteiger partial charge < -0.3 is 0 Å². The van der Waals surface area contributed by atoms with Gasteiger partial charge in [0.05, 0.1) is 10.6 Å². The molecule has 126 valence electrons. The highest BCUT2D eigenvalue weighted by molar-refractivity contribution is 7.92. The molecule has 0 saturated carbocycles. The van der Waals surface area contributed by atoms with Crippen LogP contribution in [-0.4, -0.2) is 8.42 Å². The predicted molar refractivity (Wildman–Crippen MR) is 103 cm³/mol. The van der Waals surface area contributed by atoms with Gasteiger partial charge >= 0.3 is 0 Å². The molecule has 25 heavy (non-hydrogen) atoms. The molecule has 0 saturated heterocycles. The maximum absolute atomic E-state index is 12.6. The smallest absolute Gasteiger partial charge is 0.261 e. The third-order valence-corrected chi connectivity index (χ3v) is 5.38. The highest BCUT2D eigenvalue weighted by Gasteiger charge is 2.17. The lowest BCUT2D eigenvalue weighted by Gasteiger charge is -2.14. The Morgan fingerprint density at radius 1 is 0.840 bits per heavy atom. The lowest BCUT2D eigenvalue weighted by Crippen LogP contribution is -2.14. The van der Waals surface area contributed by atoms with Gasteiger partial charge in [-0.15, -0.1) is 0 Å². The molecular weight excluding hydrogens is 354 g/mol. The van der Waals surface area contributed by atoms with Gasteiger partial charge in [0.2, 0.25) is 0 Å². The maximum atomic E-state index is 12.6. The summed E-state index contributed by atoms with van der Waals surface area (Å²) < 4.78 is 27.9. The fourth-order valence-corrected chi connectivity index (χ4v) is 3.65. The van der Waals surface area contributed by atoms with Crippen LogP contribution in [0, 0.1) is 0 Å². The Hall–Kier alpha value is -2.56. The van der Waals surface area contributed by atoms with Crippen molar-refractivity contribution in [2.24, 2.45) is 0 Å². The van der Waals surface area contributed by atoms with Crippen LogP contribution in [0.3, 0.4) is 0 Å². The van der Waals surface area contributed by atoms with Crippen molar-refractivity contribution in [2.75, 3.05) is 4.72 Å². The van der Waals surface area contributed by atoms with E-state index in [0.29, 0.717) is 10.7 Å². The van der Waals surface area contributed by atoms with Crippen molar-refractivity contribution in [1.82, 2.24) is 0 Å². The molecule has 0 aliphatic carbocycles. The van der Waals surface area contributed by atoms with E-state index in [1.165, 1.54) is 12.1 Å². The van der Waals surface area contributed by atoms with E-state index in [0.717, 1.165) is 16.7 Å². The molecule has 0 bridgehead atoms.